The smallest absolute Gasteiger partial charge is 0.0464 e. The average molecular weight is 281 g/mol. The van der Waals surface area contributed by atoms with Crippen LogP contribution in [-0.4, -0.2) is 23.0 Å². The molecule has 1 aromatic rings. The highest BCUT2D eigenvalue weighted by atomic mass is 32.2. The predicted molar refractivity (Wildman–Crippen MR) is 84.7 cm³/mol. The quantitative estimate of drug-likeness (QED) is 0.781. The zero-order valence-electron chi connectivity index (χ0n) is 12.8. The molecule has 3 heteroatoms. The Labute approximate surface area is 122 Å². The first-order valence-electron chi connectivity index (χ1n) is 6.90. The maximum absolute atomic E-state index is 9.11. The first kappa shape index (κ1) is 16.5. The summed E-state index contributed by atoms with van der Waals surface area (Å²) >= 11 is 1.84. The van der Waals surface area contributed by atoms with E-state index >= 15 is 0 Å². The number of benzene rings is 1. The summed E-state index contributed by atoms with van der Waals surface area (Å²) < 4.78 is 0. The Morgan fingerprint density at radius 1 is 1.32 bits per heavy atom. The lowest BCUT2D eigenvalue weighted by Gasteiger charge is -2.22. The van der Waals surface area contributed by atoms with Gasteiger partial charge in [0, 0.05) is 29.3 Å². The molecular formula is C16H27NOS. The molecule has 0 fully saturated rings. The molecule has 0 saturated carbocycles. The molecule has 2 N–H and O–H groups in total. The third-order valence-electron chi connectivity index (χ3n) is 2.86. The summed E-state index contributed by atoms with van der Waals surface area (Å²) in [6.07, 6.45) is 0. The summed E-state index contributed by atoms with van der Waals surface area (Å²) in [4.78, 5) is 1.32. The number of rotatable bonds is 6. The predicted octanol–water partition coefficient (Wildman–Crippen LogP) is 3.60. The highest BCUT2D eigenvalue weighted by Gasteiger charge is 2.11. The Morgan fingerprint density at radius 3 is 2.58 bits per heavy atom. The second kappa shape index (κ2) is 7.32. The minimum atomic E-state index is 0.129. The molecule has 0 heterocycles. The minimum Gasteiger partial charge on any atom is -0.396 e. The molecule has 0 bridgehead atoms. The number of aryl methyl sites for hydroxylation is 1. The van der Waals surface area contributed by atoms with Gasteiger partial charge in [-0.15, -0.1) is 11.8 Å². The van der Waals surface area contributed by atoms with E-state index in [0.717, 1.165) is 12.3 Å². The molecule has 1 atom stereocenters. The summed E-state index contributed by atoms with van der Waals surface area (Å²) in [5, 5.41) is 12.7. The van der Waals surface area contributed by atoms with Gasteiger partial charge in [-0.3, -0.25) is 0 Å². The van der Waals surface area contributed by atoms with Crippen LogP contribution in [0, 0.1) is 12.8 Å². The van der Waals surface area contributed by atoms with E-state index in [1.54, 1.807) is 0 Å². The molecule has 0 radical (unpaired) electrons. The van der Waals surface area contributed by atoms with E-state index in [9.17, 15) is 0 Å². The number of thioether (sulfide) groups is 1. The fourth-order valence-corrected chi connectivity index (χ4v) is 2.68. The highest BCUT2D eigenvalue weighted by Crippen LogP contribution is 2.26. The van der Waals surface area contributed by atoms with Crippen LogP contribution in [0.3, 0.4) is 0 Å². The molecule has 108 valence electrons. The van der Waals surface area contributed by atoms with Gasteiger partial charge in [-0.05, 0) is 45.2 Å². The molecule has 1 aromatic carbocycles. The van der Waals surface area contributed by atoms with Gasteiger partial charge in [0.1, 0.15) is 0 Å². The molecule has 1 unspecified atom stereocenters. The Bertz CT molecular complexity index is 398. The van der Waals surface area contributed by atoms with Gasteiger partial charge in [0.15, 0.2) is 0 Å². The standard InChI is InChI=1S/C16H27NOS/c1-12-6-7-15(19-11-13(2)10-18)14(8-12)9-17-16(3,4)5/h6-8,13,17-18H,9-11H2,1-5H3. The fraction of sp³-hybridized carbons (Fsp3) is 0.625. The SMILES string of the molecule is Cc1ccc(SCC(C)CO)c(CNC(C)(C)C)c1. The van der Waals surface area contributed by atoms with Crippen LogP contribution in [0.25, 0.3) is 0 Å². The van der Waals surface area contributed by atoms with E-state index in [4.69, 9.17) is 5.11 Å². The lowest BCUT2D eigenvalue weighted by Crippen LogP contribution is -2.35. The number of nitrogens with one attached hydrogen (secondary N) is 1. The van der Waals surface area contributed by atoms with E-state index in [0.29, 0.717) is 5.92 Å². The van der Waals surface area contributed by atoms with Crippen molar-refractivity contribution in [2.45, 2.75) is 51.6 Å². The van der Waals surface area contributed by atoms with Crippen molar-refractivity contribution in [3.63, 3.8) is 0 Å². The Morgan fingerprint density at radius 2 is 2.00 bits per heavy atom. The number of hydrogen-bond donors (Lipinski definition) is 2. The topological polar surface area (TPSA) is 32.3 Å². The van der Waals surface area contributed by atoms with Gasteiger partial charge in [0.2, 0.25) is 0 Å². The van der Waals surface area contributed by atoms with Crippen molar-refractivity contribution in [3.05, 3.63) is 29.3 Å². The van der Waals surface area contributed by atoms with Gasteiger partial charge in [-0.25, -0.2) is 0 Å². The first-order chi connectivity index (χ1) is 8.81. The van der Waals surface area contributed by atoms with Crippen LogP contribution in [-0.2, 0) is 6.54 Å². The van der Waals surface area contributed by atoms with Gasteiger partial charge >= 0.3 is 0 Å². The maximum atomic E-state index is 9.11. The van der Waals surface area contributed by atoms with Gasteiger partial charge < -0.3 is 10.4 Å². The van der Waals surface area contributed by atoms with Crippen molar-refractivity contribution >= 4 is 11.8 Å². The molecule has 0 aliphatic rings. The molecule has 0 amide bonds. The summed E-state index contributed by atoms with van der Waals surface area (Å²) in [5.41, 5.74) is 2.78. The Hall–Kier alpha value is -0.510. The summed E-state index contributed by atoms with van der Waals surface area (Å²) in [7, 11) is 0. The van der Waals surface area contributed by atoms with E-state index in [1.165, 1.54) is 16.0 Å². The van der Waals surface area contributed by atoms with Crippen molar-refractivity contribution in [2.75, 3.05) is 12.4 Å². The minimum absolute atomic E-state index is 0.129. The summed E-state index contributed by atoms with van der Waals surface area (Å²) in [5.74, 6) is 1.30. The van der Waals surface area contributed by atoms with Crippen molar-refractivity contribution < 1.29 is 5.11 Å². The highest BCUT2D eigenvalue weighted by molar-refractivity contribution is 7.99. The van der Waals surface area contributed by atoms with Gasteiger partial charge in [0.05, 0.1) is 0 Å². The monoisotopic (exact) mass is 281 g/mol. The van der Waals surface area contributed by atoms with Crippen molar-refractivity contribution in [2.24, 2.45) is 5.92 Å². The van der Waals surface area contributed by atoms with Gasteiger partial charge in [-0.2, -0.15) is 0 Å². The second-order valence-corrected chi connectivity index (χ2v) is 7.38. The zero-order valence-corrected chi connectivity index (χ0v) is 13.6. The van der Waals surface area contributed by atoms with Gasteiger partial charge in [-0.1, -0.05) is 24.6 Å². The lowest BCUT2D eigenvalue weighted by molar-refractivity contribution is 0.250. The van der Waals surface area contributed by atoms with E-state index < -0.39 is 0 Å². The molecule has 19 heavy (non-hydrogen) atoms. The molecule has 2 nitrogen and oxygen atoms in total. The molecule has 0 saturated heterocycles. The third kappa shape index (κ3) is 6.46. The van der Waals surface area contributed by atoms with Crippen LogP contribution in [0.2, 0.25) is 0 Å². The summed E-state index contributed by atoms with van der Waals surface area (Å²) in [6, 6.07) is 6.61. The average Bonchev–Trinajstić information content (AvgIpc) is 2.33. The van der Waals surface area contributed by atoms with Crippen LogP contribution in [0.4, 0.5) is 0 Å². The van der Waals surface area contributed by atoms with Crippen molar-refractivity contribution in [1.82, 2.24) is 5.32 Å². The zero-order chi connectivity index (χ0) is 14.5. The third-order valence-corrected chi connectivity index (χ3v) is 4.31. The number of aliphatic hydroxyl groups is 1. The molecule has 1 rings (SSSR count). The van der Waals surface area contributed by atoms with Gasteiger partial charge in [0.25, 0.3) is 0 Å². The van der Waals surface area contributed by atoms with Crippen molar-refractivity contribution in [3.8, 4) is 0 Å². The molecule has 0 aliphatic heterocycles. The van der Waals surface area contributed by atoms with E-state index in [1.807, 2.05) is 11.8 Å². The van der Waals surface area contributed by atoms with Crippen LogP contribution in [0.1, 0.15) is 38.8 Å². The van der Waals surface area contributed by atoms with Crippen molar-refractivity contribution in [1.29, 1.82) is 0 Å². The fourth-order valence-electron chi connectivity index (χ4n) is 1.63. The van der Waals surface area contributed by atoms with E-state index in [-0.39, 0.29) is 12.1 Å². The Kier molecular flexibility index (Phi) is 6.37. The normalized spacial score (nSPS) is 13.6. The largest absolute Gasteiger partial charge is 0.396 e. The lowest BCUT2D eigenvalue weighted by atomic mass is 10.1. The van der Waals surface area contributed by atoms with Crippen LogP contribution in [0.15, 0.2) is 23.1 Å². The number of hydrogen-bond acceptors (Lipinski definition) is 3. The maximum Gasteiger partial charge on any atom is 0.0464 e. The Balaban J connectivity index is 2.74. The summed E-state index contributed by atoms with van der Waals surface area (Å²) in [6.45, 7) is 11.9. The second-order valence-electron chi connectivity index (χ2n) is 6.31. The number of aliphatic hydroxyl groups excluding tert-OH is 1. The molecule has 0 spiro atoms. The molecule has 0 aliphatic carbocycles. The van der Waals surface area contributed by atoms with Crippen LogP contribution in [0.5, 0.6) is 0 Å². The van der Waals surface area contributed by atoms with E-state index in [2.05, 4.69) is 58.1 Å². The molecule has 0 aromatic heterocycles. The van der Waals surface area contributed by atoms with Crippen LogP contribution >= 0.6 is 11.8 Å². The molecular weight excluding hydrogens is 254 g/mol. The first-order valence-corrected chi connectivity index (χ1v) is 7.88. The van der Waals surface area contributed by atoms with Crippen LogP contribution < -0.4 is 5.32 Å².